The zero-order valence-corrected chi connectivity index (χ0v) is 86.5. The first-order valence-electron chi connectivity index (χ1n) is 34.8. The Morgan fingerprint density at radius 1 is 0.537 bits per heavy atom. The van der Waals surface area contributed by atoms with Crippen molar-refractivity contribution in [2.45, 2.75) is 213 Å². The van der Waals surface area contributed by atoms with Crippen LogP contribution in [0.4, 0.5) is 17.6 Å². The van der Waals surface area contributed by atoms with Gasteiger partial charge in [-0.3, -0.25) is 19.2 Å². The Morgan fingerprint density at radius 3 is 1.30 bits per heavy atom. The summed E-state index contributed by atoms with van der Waals surface area (Å²) in [5.41, 5.74) is 5.28. The van der Waals surface area contributed by atoms with Crippen LogP contribution in [0, 0.1) is 23.3 Å². The van der Waals surface area contributed by atoms with Gasteiger partial charge in [0.05, 0.1) is 80.5 Å². The van der Waals surface area contributed by atoms with Gasteiger partial charge in [-0.15, -0.1) is 0 Å². The fourth-order valence-corrected chi connectivity index (χ4v) is 10.9. The molecule has 5 aromatic heterocycles. The van der Waals surface area contributed by atoms with Crippen molar-refractivity contribution < 1.29 is 257 Å². The van der Waals surface area contributed by atoms with E-state index >= 15 is 0 Å². The summed E-state index contributed by atoms with van der Waals surface area (Å²) in [5, 5.41) is 35.7. The summed E-state index contributed by atoms with van der Waals surface area (Å²) >= 11 is 8.52. The number of rotatable bonds is 33. The second-order valence-electron chi connectivity index (χ2n) is 28.2. The number of imidazole rings is 5. The number of aliphatic hydroxyl groups excluding tert-OH is 2. The SMILES string of the molecule is BrCc1ccccc1.C.C.C.C.C.C.CCCOCCl.C[Si](C)(C)CCOCn1cnc(C=O)c1.C[Si](C)(C)CCOCn1cnc(CO)c1.C[Si](C)(C)CCOCn1cncc1C=O.C[Si](C)(C)CCOCn1cncc1CO.Fc1cc(F)cc(OCc2ccccc2)c1.O=CO[O-].O=Cc1cnc[nH]1.Oc1cc(F)cc(F)c1.[B].[H-].[H-].[H-].[K+].[K+].[Na+].[Na+]. The van der Waals surface area contributed by atoms with E-state index in [1.807, 2.05) is 64.6 Å². The van der Waals surface area contributed by atoms with Crippen LogP contribution in [-0.2, 0) is 85.4 Å². The van der Waals surface area contributed by atoms with Crippen LogP contribution in [0.25, 0.3) is 0 Å². The first-order valence-corrected chi connectivity index (χ1v) is 51.3. The molecule has 0 saturated heterocycles. The third-order valence-corrected chi connectivity index (χ3v) is 21.0. The van der Waals surface area contributed by atoms with E-state index < -0.39 is 61.3 Å². The average molecular weight is 1930 g/mol. The largest absolute Gasteiger partial charge is 1.00 e. The van der Waals surface area contributed by atoms with E-state index in [-0.39, 0.29) is 245 Å². The van der Waals surface area contributed by atoms with Gasteiger partial charge in [0.25, 0.3) is 6.47 Å². The van der Waals surface area contributed by atoms with Crippen molar-refractivity contribution in [2.24, 2.45) is 0 Å². The molecule has 40 heteroatoms. The number of aromatic amines is 1. The molecular formula is C81H138BBrClF4K2N10Na2O15Si4. The summed E-state index contributed by atoms with van der Waals surface area (Å²) in [4.78, 5) is 63.9. The van der Waals surface area contributed by atoms with E-state index in [9.17, 15) is 31.9 Å². The van der Waals surface area contributed by atoms with Gasteiger partial charge in [0.2, 0.25) is 0 Å². The second kappa shape index (κ2) is 88.0. The molecule has 9 aromatic rings. The molecular weight excluding hydrogens is 1790 g/mol. The molecule has 0 saturated carbocycles. The number of halogens is 6. The Kier molecular flexibility index (Phi) is 105. The van der Waals surface area contributed by atoms with Gasteiger partial charge in [-0.2, -0.15) is 0 Å². The van der Waals surface area contributed by atoms with E-state index in [4.69, 9.17) is 65.4 Å². The van der Waals surface area contributed by atoms with Crippen molar-refractivity contribution in [1.29, 1.82) is 0 Å². The predicted octanol–water partition coefficient (Wildman–Crippen LogP) is 7.24. The zero-order chi connectivity index (χ0) is 82.7. The number of carbonyl (C=O) groups excluding carboxylic acids is 4. The van der Waals surface area contributed by atoms with Crippen LogP contribution >= 0.6 is 27.5 Å². The van der Waals surface area contributed by atoms with E-state index in [0.29, 0.717) is 74.7 Å². The van der Waals surface area contributed by atoms with Crippen molar-refractivity contribution in [3.8, 4) is 11.5 Å². The monoisotopic (exact) mass is 1930 g/mol. The van der Waals surface area contributed by atoms with Gasteiger partial charge in [0, 0.05) is 128 Å². The number of phenols is 1. The number of aromatic nitrogens is 10. The normalized spacial score (nSPS) is 9.64. The number of aromatic hydroxyl groups is 1. The first kappa shape index (κ1) is 144. The van der Waals surface area contributed by atoms with Gasteiger partial charge in [-0.05, 0) is 41.7 Å². The quantitative estimate of drug-likeness (QED) is 0.00599. The number of benzene rings is 4. The van der Waals surface area contributed by atoms with Crippen LogP contribution in [0.1, 0.15) is 116 Å². The van der Waals surface area contributed by atoms with Crippen LogP contribution in [0.2, 0.25) is 103 Å². The van der Waals surface area contributed by atoms with Gasteiger partial charge >= 0.3 is 162 Å². The smallest absolute Gasteiger partial charge is 1.00 e. The third kappa shape index (κ3) is 85.3. The number of aliphatic hydroxyl groups is 2. The molecule has 0 fully saturated rings. The molecule has 0 amide bonds. The second-order valence-corrected chi connectivity index (χ2v) is 51.5. The molecule has 4 aromatic carbocycles. The maximum atomic E-state index is 12.8. The number of hydrogen-bond acceptors (Lipinski definition) is 20. The van der Waals surface area contributed by atoms with Crippen molar-refractivity contribution in [3.63, 3.8) is 0 Å². The van der Waals surface area contributed by atoms with Crippen molar-refractivity contribution in [1.82, 2.24) is 48.2 Å². The maximum Gasteiger partial charge on any atom is 1.00 e. The maximum absolute atomic E-state index is 12.8. The van der Waals surface area contributed by atoms with Crippen molar-refractivity contribution >= 4 is 93.6 Å². The summed E-state index contributed by atoms with van der Waals surface area (Å²) in [6.45, 7) is 35.8. The number of ether oxygens (including phenoxy) is 6. The molecule has 25 nitrogen and oxygen atoms in total. The topological polar surface area (TPSA) is 317 Å². The number of H-pyrrole nitrogens is 1. The molecule has 0 unspecified atom stereocenters. The molecule has 5 heterocycles. The predicted molar refractivity (Wildman–Crippen MR) is 480 cm³/mol. The van der Waals surface area contributed by atoms with Crippen molar-refractivity contribution in [3.05, 3.63) is 223 Å². The fraction of sp³-hybridized carbons (Fsp3) is 0.469. The van der Waals surface area contributed by atoms with Crippen LogP contribution < -0.4 is 172 Å². The molecule has 4 N–H and O–H groups in total. The van der Waals surface area contributed by atoms with Gasteiger partial charge in [-0.1, -0.05) is 218 Å². The average Bonchev–Trinajstić information content (AvgIpc) is 1.71. The Morgan fingerprint density at radius 2 is 0.959 bits per heavy atom. The molecule has 0 aliphatic heterocycles. The van der Waals surface area contributed by atoms with Crippen LogP contribution in [0.5, 0.6) is 11.5 Å². The summed E-state index contributed by atoms with van der Waals surface area (Å²) in [7, 11) is -4.01. The minimum absolute atomic E-state index is 0. The van der Waals surface area contributed by atoms with E-state index in [2.05, 4.69) is 141 Å². The third-order valence-electron chi connectivity index (χ3n) is 13.4. The van der Waals surface area contributed by atoms with E-state index in [1.165, 1.54) is 30.3 Å². The minimum atomic E-state index is -1.02. The minimum Gasteiger partial charge on any atom is -1.00 e. The number of hydrogen-bond donors (Lipinski definition) is 4. The van der Waals surface area contributed by atoms with E-state index in [1.54, 1.807) is 53.0 Å². The molecule has 0 spiro atoms. The Balaban J connectivity index is -0.0000000824. The number of nitrogens with one attached hydrogen (secondary N) is 1. The molecule has 0 aliphatic rings. The summed E-state index contributed by atoms with van der Waals surface area (Å²) in [6, 6.07) is 30.2. The summed E-state index contributed by atoms with van der Waals surface area (Å²) in [6.07, 6.45) is 19.5. The summed E-state index contributed by atoms with van der Waals surface area (Å²) < 4.78 is 89.0. The van der Waals surface area contributed by atoms with Crippen molar-refractivity contribution in [2.75, 3.05) is 39.1 Å². The van der Waals surface area contributed by atoms with Gasteiger partial charge in [-0.25, -0.2) is 42.5 Å². The first-order chi connectivity index (χ1) is 52.2. The molecule has 0 aliphatic carbocycles. The Labute approximate surface area is 873 Å². The Hall–Kier alpha value is -2.61. The van der Waals surface area contributed by atoms with Gasteiger partial charge in [0.1, 0.15) is 85.8 Å². The number of aldehydes is 3. The standard InChI is InChI=1S/C13H10F2O.C10H20N2O2Si.C10H18N2O2Si.C10H20N2O2Si.C10H18N2O2Si.C7H7Br.C6H4F2O.C4H9ClO.C4H4N2O.CH2O3.6CH4.B.2K.2Na.3H/c14-11-6-12(15)8-13(7-11)16-9-10-4-2-1-3-5-10;2*1-15(2,3)5-4-14-9-12-6-10(7-13)11-8-12;2*1-15(2,3)5-4-14-9-12-8-11-6-10(12)7-13;8-6-7-4-2-1-3-5-7;7-4-1-5(8)3-6(9)2-4;1-2-3-6-4-5;7-2-4-1-5-3-6-4;2-1-4-3;;;;;;;;;;;;;;/h1-8H,9H2;6,8,13H,4-5,7,9H2,1-3H3;6-8H,4-5,9H2,1-3H3;6,8,13H,4-5,7,9H2,1-3H3;6-8H,4-5,9H2,1-3H3;1-5H,6H2;1-3,9H;2-4H2,1H3;1-3H,(H,5,6);1,3H;6*1H4;;;;;;;;/q;;;;;;;;;;;;;;;;;4*+1;3*-1/p-1. The molecule has 121 heavy (non-hydrogen) atoms. The van der Waals surface area contributed by atoms with Gasteiger partial charge < -0.3 is 81.4 Å². The number of phenolic OH excluding ortho intramolecular Hbond substituents is 1. The fourth-order valence-electron chi connectivity index (χ4n) is 7.37. The number of alkyl halides is 2. The molecule has 9 rings (SSSR count). The number of carbonyl (C=O) groups is 4. The number of nitrogens with zero attached hydrogens (tertiary/aromatic N) is 9. The van der Waals surface area contributed by atoms with Gasteiger partial charge in [0.15, 0.2) is 18.9 Å². The molecule has 0 bridgehead atoms. The van der Waals surface area contributed by atoms with Crippen LogP contribution in [0.3, 0.4) is 0 Å². The van der Waals surface area contributed by atoms with Crippen LogP contribution in [0.15, 0.2) is 160 Å². The van der Waals surface area contributed by atoms with Crippen LogP contribution in [-0.4, -0.2) is 169 Å². The zero-order valence-electron chi connectivity index (χ0n) is 72.9. The summed E-state index contributed by atoms with van der Waals surface area (Å²) in [5.74, 6) is -3.01. The Bertz CT molecular complexity index is 3760. The molecule has 3 radical (unpaired) electrons. The molecule has 667 valence electrons. The molecule has 0 atom stereocenters. The van der Waals surface area contributed by atoms with E-state index in [0.717, 1.165) is 117 Å².